The average Bonchev–Trinajstić information content (AvgIpc) is 1.80. The zero-order valence-corrected chi connectivity index (χ0v) is 5.16. The molecule has 0 aliphatic heterocycles. The van der Waals surface area contributed by atoms with Crippen molar-refractivity contribution in [3.05, 3.63) is 0 Å². The zero-order valence-electron chi connectivity index (χ0n) is 5.16. The highest BCUT2D eigenvalue weighted by molar-refractivity contribution is 4.33. The van der Waals surface area contributed by atoms with E-state index in [1.165, 1.54) is 0 Å². The monoisotopic (exact) mass is 136 g/mol. The van der Waals surface area contributed by atoms with E-state index in [1.54, 1.807) is 0 Å². The average molecular weight is 136 g/mol. The van der Waals surface area contributed by atoms with Gasteiger partial charge in [-0.3, -0.25) is 0 Å². The van der Waals surface area contributed by atoms with Crippen molar-refractivity contribution in [2.24, 2.45) is 0 Å². The van der Waals surface area contributed by atoms with Crippen LogP contribution >= 0.6 is 0 Å². The Labute approximate surface area is 53.7 Å². The van der Waals surface area contributed by atoms with Gasteiger partial charge in [-0.1, -0.05) is 0 Å². The van der Waals surface area contributed by atoms with Crippen LogP contribution < -0.4 is 0 Å². The molecule has 0 unspecified atom stereocenters. The van der Waals surface area contributed by atoms with Gasteiger partial charge in [-0.25, -0.2) is 0 Å². The lowest BCUT2D eigenvalue weighted by atomic mass is 10.5. The molecule has 0 saturated heterocycles. The fraction of sp³-hybridized carbons (Fsp3) is 1.00. The second-order valence-electron chi connectivity index (χ2n) is 1.63. The number of rotatable bonds is 5. The molecular weight excluding hydrogens is 124 g/mol. The van der Waals surface area contributed by atoms with Gasteiger partial charge in [0.15, 0.2) is 6.29 Å². The molecule has 0 atom stereocenters. The molecule has 0 aliphatic rings. The van der Waals surface area contributed by atoms with Crippen molar-refractivity contribution >= 4 is 0 Å². The maximum Gasteiger partial charge on any atom is 0.175 e. The molecular formula is C5H12O4. The van der Waals surface area contributed by atoms with Crippen molar-refractivity contribution in [2.75, 3.05) is 19.8 Å². The Hall–Kier alpha value is -0.160. The van der Waals surface area contributed by atoms with Crippen LogP contribution in [0, 0.1) is 0 Å². The lowest BCUT2D eigenvalue weighted by molar-refractivity contribution is -0.0956. The van der Waals surface area contributed by atoms with E-state index < -0.39 is 6.29 Å². The third-order valence-electron chi connectivity index (χ3n) is 0.714. The van der Waals surface area contributed by atoms with E-state index >= 15 is 0 Å². The van der Waals surface area contributed by atoms with E-state index in [0.717, 1.165) is 0 Å². The fourth-order valence-electron chi connectivity index (χ4n) is 0.355. The van der Waals surface area contributed by atoms with Crippen molar-refractivity contribution in [2.45, 2.75) is 12.7 Å². The summed E-state index contributed by atoms with van der Waals surface area (Å²) in [6.45, 7) is 0.357. The van der Waals surface area contributed by atoms with E-state index in [4.69, 9.17) is 15.3 Å². The largest absolute Gasteiger partial charge is 0.396 e. The molecule has 4 heteroatoms. The molecule has 0 aromatic heterocycles. The Kier molecular flexibility index (Phi) is 5.86. The van der Waals surface area contributed by atoms with Crippen molar-refractivity contribution in [3.8, 4) is 0 Å². The van der Waals surface area contributed by atoms with Crippen molar-refractivity contribution in [1.29, 1.82) is 0 Å². The number of hydrogen-bond donors (Lipinski definition) is 3. The first-order valence-electron chi connectivity index (χ1n) is 2.82. The SMILES string of the molecule is OCCCOCC(O)O. The van der Waals surface area contributed by atoms with Crippen LogP contribution in [0.1, 0.15) is 6.42 Å². The van der Waals surface area contributed by atoms with Crippen molar-refractivity contribution in [3.63, 3.8) is 0 Å². The second-order valence-corrected chi connectivity index (χ2v) is 1.63. The first-order valence-corrected chi connectivity index (χ1v) is 2.82. The maximum absolute atomic E-state index is 8.23. The summed E-state index contributed by atoms with van der Waals surface area (Å²) in [5.41, 5.74) is 0. The summed E-state index contributed by atoms with van der Waals surface area (Å²) in [5, 5.41) is 24.7. The first kappa shape index (κ1) is 8.84. The van der Waals surface area contributed by atoms with Crippen molar-refractivity contribution in [1.82, 2.24) is 0 Å². The number of aliphatic hydroxyl groups is 3. The van der Waals surface area contributed by atoms with Crippen molar-refractivity contribution < 1.29 is 20.1 Å². The number of hydrogen-bond acceptors (Lipinski definition) is 4. The van der Waals surface area contributed by atoms with Gasteiger partial charge in [-0.15, -0.1) is 0 Å². The van der Waals surface area contributed by atoms with E-state index in [-0.39, 0.29) is 13.2 Å². The van der Waals surface area contributed by atoms with Gasteiger partial charge in [0, 0.05) is 13.2 Å². The molecule has 0 spiro atoms. The fourth-order valence-corrected chi connectivity index (χ4v) is 0.355. The minimum atomic E-state index is -1.40. The number of ether oxygens (including phenoxy) is 1. The zero-order chi connectivity index (χ0) is 7.11. The summed E-state index contributed by atoms with van der Waals surface area (Å²) in [7, 11) is 0. The highest BCUT2D eigenvalue weighted by Gasteiger charge is 1.94. The van der Waals surface area contributed by atoms with Gasteiger partial charge in [-0.2, -0.15) is 0 Å². The Morgan fingerprint density at radius 2 is 2.00 bits per heavy atom. The molecule has 0 fully saturated rings. The van der Waals surface area contributed by atoms with E-state index in [1.807, 2.05) is 0 Å². The predicted octanol–water partition coefficient (Wildman–Crippen LogP) is -1.30. The molecule has 4 nitrogen and oxygen atoms in total. The lowest BCUT2D eigenvalue weighted by Crippen LogP contribution is -2.14. The van der Waals surface area contributed by atoms with E-state index in [2.05, 4.69) is 4.74 Å². The third-order valence-corrected chi connectivity index (χ3v) is 0.714. The molecule has 0 aromatic rings. The van der Waals surface area contributed by atoms with Crippen LogP contribution in [0.25, 0.3) is 0 Å². The molecule has 0 radical (unpaired) electrons. The van der Waals surface area contributed by atoms with Crippen LogP contribution in [0.3, 0.4) is 0 Å². The Morgan fingerprint density at radius 1 is 1.33 bits per heavy atom. The smallest absolute Gasteiger partial charge is 0.175 e. The minimum Gasteiger partial charge on any atom is -0.396 e. The molecule has 9 heavy (non-hydrogen) atoms. The van der Waals surface area contributed by atoms with Crippen LogP contribution in [0.5, 0.6) is 0 Å². The van der Waals surface area contributed by atoms with E-state index in [0.29, 0.717) is 13.0 Å². The van der Waals surface area contributed by atoms with Gasteiger partial charge in [0.1, 0.15) is 0 Å². The molecule has 0 bridgehead atoms. The molecule has 0 amide bonds. The second kappa shape index (κ2) is 5.97. The molecule has 0 heterocycles. The van der Waals surface area contributed by atoms with Gasteiger partial charge in [-0.05, 0) is 6.42 Å². The number of aliphatic hydroxyl groups excluding tert-OH is 2. The van der Waals surface area contributed by atoms with Gasteiger partial charge in [0.2, 0.25) is 0 Å². The summed E-state index contributed by atoms with van der Waals surface area (Å²) in [4.78, 5) is 0. The normalized spacial score (nSPS) is 10.7. The summed E-state index contributed by atoms with van der Waals surface area (Å²) in [5.74, 6) is 0. The van der Waals surface area contributed by atoms with Gasteiger partial charge in [0.25, 0.3) is 0 Å². The van der Waals surface area contributed by atoms with Crippen LogP contribution in [0.4, 0.5) is 0 Å². The summed E-state index contributed by atoms with van der Waals surface area (Å²) >= 11 is 0. The van der Waals surface area contributed by atoms with Gasteiger partial charge >= 0.3 is 0 Å². The standard InChI is InChI=1S/C5H12O4/c6-2-1-3-9-4-5(7)8/h5-8H,1-4H2. The molecule has 0 aromatic carbocycles. The molecule has 0 saturated carbocycles. The molecule has 0 rings (SSSR count). The topological polar surface area (TPSA) is 69.9 Å². The maximum atomic E-state index is 8.23. The predicted molar refractivity (Wildman–Crippen MR) is 30.7 cm³/mol. The Balaban J connectivity index is 2.75. The van der Waals surface area contributed by atoms with Gasteiger partial charge < -0.3 is 20.1 Å². The highest BCUT2D eigenvalue weighted by atomic mass is 16.5. The van der Waals surface area contributed by atoms with Crippen LogP contribution in [-0.2, 0) is 4.74 Å². The quantitative estimate of drug-likeness (QED) is 0.324. The summed E-state index contributed by atoms with van der Waals surface area (Å²) in [6.07, 6.45) is -0.865. The minimum absolute atomic E-state index is 0.0710. The molecule has 3 N–H and O–H groups in total. The summed E-state index contributed by atoms with van der Waals surface area (Å²) < 4.78 is 4.68. The van der Waals surface area contributed by atoms with Crippen LogP contribution in [-0.4, -0.2) is 41.4 Å². The molecule has 56 valence electrons. The first-order chi connectivity index (χ1) is 4.27. The van der Waals surface area contributed by atoms with E-state index in [9.17, 15) is 0 Å². The van der Waals surface area contributed by atoms with Gasteiger partial charge in [0.05, 0.1) is 6.61 Å². The Bertz CT molecular complexity index is 54.9. The molecule has 0 aliphatic carbocycles. The van der Waals surface area contributed by atoms with Crippen LogP contribution in [0.15, 0.2) is 0 Å². The van der Waals surface area contributed by atoms with Crippen LogP contribution in [0.2, 0.25) is 0 Å². The lowest BCUT2D eigenvalue weighted by Gasteiger charge is -2.02. The highest BCUT2D eigenvalue weighted by Crippen LogP contribution is 1.82. The summed E-state index contributed by atoms with van der Waals surface area (Å²) in [6, 6.07) is 0. The third kappa shape index (κ3) is 7.84. The Morgan fingerprint density at radius 3 is 2.44 bits per heavy atom.